The fraction of sp³-hybridized carbons (Fsp3) is 0.143. The lowest BCUT2D eigenvalue weighted by molar-refractivity contribution is -0.119. The zero-order valence-corrected chi connectivity index (χ0v) is 14.9. The topological polar surface area (TPSA) is 92.1 Å². The molecule has 138 valence electrons. The largest absolute Gasteiger partial charge is 0.448 e. The minimum Gasteiger partial charge on any atom is -0.448 e. The summed E-state index contributed by atoms with van der Waals surface area (Å²) in [5.74, 6) is -0.305. The summed E-state index contributed by atoms with van der Waals surface area (Å²) < 4.78 is 6.88. The Balaban J connectivity index is 1.69. The first-order valence-corrected chi connectivity index (χ1v) is 8.78. The molecule has 28 heavy (non-hydrogen) atoms. The third-order valence-corrected chi connectivity index (χ3v) is 4.47. The Kier molecular flexibility index (Phi) is 4.60. The first-order valence-electron chi connectivity index (χ1n) is 8.78. The van der Waals surface area contributed by atoms with Crippen molar-refractivity contribution < 1.29 is 9.21 Å². The number of nitriles is 1. The van der Waals surface area contributed by atoms with Gasteiger partial charge in [-0.15, -0.1) is 0 Å². The number of benzene rings is 2. The van der Waals surface area contributed by atoms with Crippen molar-refractivity contribution in [3.63, 3.8) is 0 Å². The number of furan rings is 1. The van der Waals surface area contributed by atoms with Crippen LogP contribution in [-0.4, -0.2) is 22.0 Å². The summed E-state index contributed by atoms with van der Waals surface area (Å²) in [6.07, 6.45) is 1.55. The van der Waals surface area contributed by atoms with Crippen LogP contribution in [0.3, 0.4) is 0 Å². The van der Waals surface area contributed by atoms with E-state index >= 15 is 0 Å². The van der Waals surface area contributed by atoms with E-state index in [1.807, 2.05) is 42.5 Å². The Labute approximate surface area is 160 Å². The molecule has 2 aromatic carbocycles. The van der Waals surface area contributed by atoms with Crippen LogP contribution in [0.4, 0.5) is 5.69 Å². The van der Waals surface area contributed by atoms with Crippen LogP contribution >= 0.6 is 0 Å². The van der Waals surface area contributed by atoms with E-state index in [1.165, 1.54) is 15.8 Å². The Morgan fingerprint density at radius 2 is 1.89 bits per heavy atom. The van der Waals surface area contributed by atoms with Crippen molar-refractivity contribution in [2.45, 2.75) is 13.0 Å². The molecule has 0 radical (unpaired) electrons. The summed E-state index contributed by atoms with van der Waals surface area (Å²) in [4.78, 5) is 31.5. The Morgan fingerprint density at radius 1 is 1.14 bits per heavy atom. The molecule has 0 fully saturated rings. The van der Waals surface area contributed by atoms with E-state index in [9.17, 15) is 9.59 Å². The Bertz CT molecular complexity index is 1250. The van der Waals surface area contributed by atoms with Gasteiger partial charge in [-0.1, -0.05) is 30.3 Å². The maximum Gasteiger partial charge on any atom is 0.297 e. The normalized spacial score (nSPS) is 10.8. The first kappa shape index (κ1) is 17.5. The molecule has 0 saturated carbocycles. The molecular formula is C21H16N4O3. The highest BCUT2D eigenvalue weighted by atomic mass is 16.3. The molecule has 0 N–H and O–H groups in total. The van der Waals surface area contributed by atoms with Crippen LogP contribution in [-0.2, 0) is 11.3 Å². The number of nitrogens with zero attached hydrogens (tertiary/aromatic N) is 4. The van der Waals surface area contributed by atoms with Crippen LogP contribution < -0.4 is 10.5 Å². The molecule has 7 nitrogen and oxygen atoms in total. The number of aromatic nitrogens is 2. The molecule has 0 aliphatic rings. The molecule has 0 spiro atoms. The van der Waals surface area contributed by atoms with E-state index in [0.29, 0.717) is 16.8 Å². The molecule has 1 amide bonds. The van der Waals surface area contributed by atoms with Gasteiger partial charge in [0, 0.05) is 17.6 Å². The second-order valence-corrected chi connectivity index (χ2v) is 6.24. The number of carbonyl (C=O) groups is 1. The van der Waals surface area contributed by atoms with Gasteiger partial charge < -0.3 is 9.32 Å². The van der Waals surface area contributed by atoms with E-state index in [-0.39, 0.29) is 31.0 Å². The second kappa shape index (κ2) is 7.37. The van der Waals surface area contributed by atoms with Gasteiger partial charge in [-0.3, -0.25) is 14.2 Å². The number of rotatable bonds is 5. The molecule has 0 aliphatic carbocycles. The van der Waals surface area contributed by atoms with Gasteiger partial charge >= 0.3 is 0 Å². The van der Waals surface area contributed by atoms with Gasteiger partial charge in [0.05, 0.1) is 18.8 Å². The monoisotopic (exact) mass is 372 g/mol. The highest BCUT2D eigenvalue weighted by Gasteiger charge is 2.19. The van der Waals surface area contributed by atoms with Crippen molar-refractivity contribution in [1.82, 2.24) is 9.55 Å². The molecule has 7 heteroatoms. The lowest BCUT2D eigenvalue weighted by atomic mass is 10.2. The first-order chi connectivity index (χ1) is 13.7. The van der Waals surface area contributed by atoms with Crippen molar-refractivity contribution in [3.8, 4) is 6.07 Å². The number of carbonyl (C=O) groups excluding carboxylic acids is 1. The average Bonchev–Trinajstić information content (AvgIpc) is 3.11. The van der Waals surface area contributed by atoms with E-state index in [2.05, 4.69) is 4.98 Å². The summed E-state index contributed by atoms with van der Waals surface area (Å²) in [5, 5.41) is 9.66. The number of amides is 1. The highest BCUT2D eigenvalue weighted by molar-refractivity contribution is 6.01. The zero-order chi connectivity index (χ0) is 19.5. The van der Waals surface area contributed by atoms with Gasteiger partial charge in [-0.25, -0.2) is 4.98 Å². The lowest BCUT2D eigenvalue weighted by Gasteiger charge is -2.22. The molecule has 0 bridgehead atoms. The van der Waals surface area contributed by atoms with Crippen LogP contribution in [0.25, 0.3) is 22.1 Å². The molecule has 2 aromatic heterocycles. The lowest BCUT2D eigenvalue weighted by Crippen LogP contribution is -2.37. The molecule has 0 aliphatic heterocycles. The van der Waals surface area contributed by atoms with Crippen molar-refractivity contribution in [1.29, 1.82) is 5.26 Å². The minimum absolute atomic E-state index is 0.125. The molecule has 0 saturated heterocycles. The smallest absolute Gasteiger partial charge is 0.297 e. The summed E-state index contributed by atoms with van der Waals surface area (Å²) >= 11 is 0. The third-order valence-electron chi connectivity index (χ3n) is 4.47. The van der Waals surface area contributed by atoms with Crippen LogP contribution in [0.5, 0.6) is 0 Å². The number of para-hydroxylation sites is 2. The van der Waals surface area contributed by atoms with E-state index < -0.39 is 5.56 Å². The van der Waals surface area contributed by atoms with Gasteiger partial charge in [0.25, 0.3) is 5.56 Å². The van der Waals surface area contributed by atoms with E-state index in [4.69, 9.17) is 9.68 Å². The van der Waals surface area contributed by atoms with Crippen molar-refractivity contribution >= 4 is 33.7 Å². The van der Waals surface area contributed by atoms with Crippen LogP contribution in [0.2, 0.25) is 0 Å². The predicted molar refractivity (Wildman–Crippen MR) is 105 cm³/mol. The molecule has 0 atom stereocenters. The number of anilines is 1. The maximum atomic E-state index is 12.9. The molecular weight excluding hydrogens is 356 g/mol. The van der Waals surface area contributed by atoms with Gasteiger partial charge in [0.15, 0.2) is 0 Å². The van der Waals surface area contributed by atoms with E-state index in [1.54, 1.807) is 18.2 Å². The standard InChI is InChI=1S/C21H16N4O3/c22-11-6-12-25(15-7-2-1-3-8-15)18(26)13-24-14-23-19-16-9-4-5-10-17(16)28-20(19)21(24)27/h1-5,7-10,14H,6,12-13H2. The van der Waals surface area contributed by atoms with E-state index in [0.717, 1.165) is 5.39 Å². The van der Waals surface area contributed by atoms with Crippen LogP contribution in [0, 0.1) is 11.3 Å². The third kappa shape index (κ3) is 3.12. The summed E-state index contributed by atoms with van der Waals surface area (Å²) in [6, 6.07) is 18.4. The van der Waals surface area contributed by atoms with Crippen molar-refractivity contribution in [3.05, 3.63) is 71.3 Å². The fourth-order valence-electron chi connectivity index (χ4n) is 3.13. The quantitative estimate of drug-likeness (QED) is 0.537. The van der Waals surface area contributed by atoms with Crippen molar-refractivity contribution in [2.24, 2.45) is 0 Å². The predicted octanol–water partition coefficient (Wildman–Crippen LogP) is 3.09. The summed E-state index contributed by atoms with van der Waals surface area (Å²) in [6.45, 7) is 0.0492. The molecule has 0 unspecified atom stereocenters. The van der Waals surface area contributed by atoms with Crippen molar-refractivity contribution in [2.75, 3.05) is 11.4 Å². The highest BCUT2D eigenvalue weighted by Crippen LogP contribution is 2.24. The Morgan fingerprint density at radius 3 is 2.68 bits per heavy atom. The zero-order valence-electron chi connectivity index (χ0n) is 14.9. The number of hydrogen-bond acceptors (Lipinski definition) is 5. The summed E-state index contributed by atoms with van der Waals surface area (Å²) in [7, 11) is 0. The molecule has 4 aromatic rings. The maximum absolute atomic E-state index is 12.9. The van der Waals surface area contributed by atoms with Gasteiger partial charge in [-0.05, 0) is 24.3 Å². The van der Waals surface area contributed by atoms with Crippen LogP contribution in [0.15, 0.2) is 70.1 Å². The summed E-state index contributed by atoms with van der Waals surface area (Å²) in [5.41, 5.74) is 1.44. The van der Waals surface area contributed by atoms with Gasteiger partial charge in [0.2, 0.25) is 11.5 Å². The van der Waals surface area contributed by atoms with Gasteiger partial charge in [0.1, 0.15) is 17.6 Å². The number of fused-ring (bicyclic) bond motifs is 3. The number of hydrogen-bond donors (Lipinski definition) is 0. The SMILES string of the molecule is N#CCCN(C(=O)Cn1cnc2c(oc3ccccc32)c1=O)c1ccccc1. The second-order valence-electron chi connectivity index (χ2n) is 6.24. The molecule has 2 heterocycles. The van der Waals surface area contributed by atoms with Crippen LogP contribution in [0.1, 0.15) is 6.42 Å². The average molecular weight is 372 g/mol. The minimum atomic E-state index is -0.414. The molecule has 4 rings (SSSR count). The fourth-order valence-corrected chi connectivity index (χ4v) is 3.13. The van der Waals surface area contributed by atoms with Gasteiger partial charge in [-0.2, -0.15) is 5.26 Å². The Hall–Kier alpha value is -3.92.